The standard InChI is InChI=1S/C46H48N4/c1-5-49-41-23-15-13-21-39(41)45(3,43(49)29-31-47-37-17-9-7-10-18-37)33-35-25-27-36(28-26-35)34-46(4)40-22-14-16-24-42(40)50(6-2)44(46)30-32-48-38-19-11-8-12-20-38/h7-28,31-32H,5-6,29-30,33-34H2,1-4H3/q+2. The van der Waals surface area contributed by atoms with Crippen LogP contribution in [0.1, 0.15) is 62.8 Å². The smallest absolute Gasteiger partial charge is 0.209 e. The topological polar surface area (TPSA) is 30.7 Å². The van der Waals surface area contributed by atoms with Crippen LogP contribution in [0.4, 0.5) is 22.7 Å². The average Bonchev–Trinajstić information content (AvgIpc) is 3.53. The summed E-state index contributed by atoms with van der Waals surface area (Å²) >= 11 is 0. The molecular weight excluding hydrogens is 609 g/mol. The summed E-state index contributed by atoms with van der Waals surface area (Å²) in [7, 11) is 0. The van der Waals surface area contributed by atoms with Crippen molar-refractivity contribution >= 4 is 46.6 Å². The quantitative estimate of drug-likeness (QED) is 0.0945. The molecule has 0 saturated heterocycles. The van der Waals surface area contributed by atoms with E-state index in [4.69, 9.17) is 9.98 Å². The summed E-state index contributed by atoms with van der Waals surface area (Å²) in [6.07, 6.45) is 7.68. The molecule has 2 unspecified atom stereocenters. The lowest BCUT2D eigenvalue weighted by atomic mass is 9.72. The number of para-hydroxylation sites is 4. The van der Waals surface area contributed by atoms with E-state index in [1.165, 1.54) is 45.1 Å². The number of fused-ring (bicyclic) bond motifs is 2. The van der Waals surface area contributed by atoms with Crippen molar-refractivity contribution in [1.82, 2.24) is 0 Å². The number of aliphatic imine (C=N–C) groups is 2. The SMILES string of the molecule is CC[N+]1=C(CC=Nc2ccccc2)C(C)(Cc2ccc(CC3(C)C(CC=Nc4ccccc4)=[N+](CC)c4ccccc43)cc2)c2ccccc21. The second-order valence-corrected chi connectivity index (χ2v) is 14.0. The van der Waals surface area contributed by atoms with Crippen LogP contribution in [0.3, 0.4) is 0 Å². The molecule has 0 spiro atoms. The molecule has 0 aromatic heterocycles. The summed E-state index contributed by atoms with van der Waals surface area (Å²) in [4.78, 5) is 9.64. The van der Waals surface area contributed by atoms with Crippen molar-refractivity contribution in [3.05, 3.63) is 156 Å². The molecule has 50 heavy (non-hydrogen) atoms. The van der Waals surface area contributed by atoms with Gasteiger partial charge in [-0.15, -0.1) is 0 Å². The van der Waals surface area contributed by atoms with Gasteiger partial charge in [0.25, 0.3) is 0 Å². The van der Waals surface area contributed by atoms with Crippen LogP contribution in [0.25, 0.3) is 0 Å². The van der Waals surface area contributed by atoms with Crippen molar-refractivity contribution in [2.24, 2.45) is 9.98 Å². The highest BCUT2D eigenvalue weighted by atomic mass is 15.1. The zero-order chi connectivity index (χ0) is 34.6. The fourth-order valence-corrected chi connectivity index (χ4v) is 8.43. The van der Waals surface area contributed by atoms with Crippen LogP contribution in [0.15, 0.2) is 143 Å². The fourth-order valence-electron chi connectivity index (χ4n) is 8.43. The van der Waals surface area contributed by atoms with Gasteiger partial charge in [-0.3, -0.25) is 9.98 Å². The van der Waals surface area contributed by atoms with Gasteiger partial charge in [0.05, 0.1) is 35.0 Å². The summed E-state index contributed by atoms with van der Waals surface area (Å²) in [5, 5.41) is 0. The van der Waals surface area contributed by atoms with Crippen molar-refractivity contribution < 1.29 is 9.15 Å². The minimum Gasteiger partial charge on any atom is -0.261 e. The Kier molecular flexibility index (Phi) is 9.54. The predicted molar refractivity (Wildman–Crippen MR) is 211 cm³/mol. The van der Waals surface area contributed by atoms with Gasteiger partial charge in [-0.05, 0) is 75.9 Å². The Morgan fingerprint density at radius 2 is 0.840 bits per heavy atom. The third kappa shape index (κ3) is 6.31. The van der Waals surface area contributed by atoms with Crippen molar-refractivity contribution in [3.63, 3.8) is 0 Å². The van der Waals surface area contributed by atoms with Crippen LogP contribution in [0, 0.1) is 0 Å². The largest absolute Gasteiger partial charge is 0.261 e. The lowest BCUT2D eigenvalue weighted by Crippen LogP contribution is -2.35. The Hall–Kier alpha value is -5.22. The molecule has 2 atom stereocenters. The Morgan fingerprint density at radius 1 is 0.480 bits per heavy atom. The summed E-state index contributed by atoms with van der Waals surface area (Å²) in [6, 6.07) is 47.9. The Labute approximate surface area is 297 Å². The van der Waals surface area contributed by atoms with Gasteiger partial charge in [-0.2, -0.15) is 9.15 Å². The Balaban J connectivity index is 1.16. The van der Waals surface area contributed by atoms with E-state index in [0.717, 1.165) is 50.1 Å². The molecule has 0 saturated carbocycles. The molecule has 7 rings (SSSR count). The molecule has 4 heteroatoms. The van der Waals surface area contributed by atoms with E-state index in [-0.39, 0.29) is 10.8 Å². The molecule has 0 aliphatic carbocycles. The normalized spacial score (nSPS) is 19.9. The maximum atomic E-state index is 4.82. The predicted octanol–water partition coefficient (Wildman–Crippen LogP) is 10.5. The van der Waals surface area contributed by atoms with E-state index in [0.29, 0.717) is 0 Å². The van der Waals surface area contributed by atoms with Crippen LogP contribution in [-0.2, 0) is 23.7 Å². The molecule has 2 aliphatic heterocycles. The van der Waals surface area contributed by atoms with Crippen LogP contribution >= 0.6 is 0 Å². The fraction of sp³-hybridized carbons (Fsp3) is 0.261. The summed E-state index contributed by atoms with van der Waals surface area (Å²) in [5.41, 5.74) is 12.7. The number of nitrogens with zero attached hydrogens (tertiary/aromatic N) is 4. The second-order valence-electron chi connectivity index (χ2n) is 14.0. The van der Waals surface area contributed by atoms with E-state index < -0.39 is 0 Å². The molecule has 0 N–H and O–H groups in total. The minimum absolute atomic E-state index is 0.131. The molecule has 0 fully saturated rings. The van der Waals surface area contributed by atoms with Gasteiger partial charge in [0, 0.05) is 35.7 Å². The van der Waals surface area contributed by atoms with E-state index in [2.05, 4.69) is 146 Å². The van der Waals surface area contributed by atoms with Crippen molar-refractivity contribution in [2.75, 3.05) is 13.1 Å². The summed E-state index contributed by atoms with van der Waals surface area (Å²) in [5.74, 6) is 0. The van der Waals surface area contributed by atoms with Crippen LogP contribution in [0.2, 0.25) is 0 Å². The van der Waals surface area contributed by atoms with E-state index in [9.17, 15) is 0 Å². The first-order valence-electron chi connectivity index (χ1n) is 18.1. The third-order valence-corrected chi connectivity index (χ3v) is 10.8. The number of hydrogen-bond donors (Lipinski definition) is 0. The van der Waals surface area contributed by atoms with Crippen molar-refractivity contribution in [3.8, 4) is 0 Å². The summed E-state index contributed by atoms with van der Waals surface area (Å²) < 4.78 is 5.02. The molecule has 5 aromatic rings. The van der Waals surface area contributed by atoms with Crippen LogP contribution in [0.5, 0.6) is 0 Å². The first kappa shape index (κ1) is 33.3. The lowest BCUT2D eigenvalue weighted by molar-refractivity contribution is -0.435. The van der Waals surface area contributed by atoms with Gasteiger partial charge in [0.1, 0.15) is 13.1 Å². The molecule has 5 aromatic carbocycles. The third-order valence-electron chi connectivity index (χ3n) is 10.8. The maximum Gasteiger partial charge on any atom is 0.209 e. The first-order valence-corrected chi connectivity index (χ1v) is 18.1. The molecule has 2 heterocycles. The molecule has 4 nitrogen and oxygen atoms in total. The maximum absolute atomic E-state index is 4.82. The molecule has 250 valence electrons. The molecule has 2 aliphatic rings. The highest BCUT2D eigenvalue weighted by Gasteiger charge is 2.49. The highest BCUT2D eigenvalue weighted by molar-refractivity contribution is 6.04. The van der Waals surface area contributed by atoms with Gasteiger partial charge >= 0.3 is 0 Å². The van der Waals surface area contributed by atoms with Gasteiger partial charge in [-0.25, -0.2) is 0 Å². The minimum atomic E-state index is -0.131. The van der Waals surface area contributed by atoms with E-state index >= 15 is 0 Å². The number of hydrogen-bond acceptors (Lipinski definition) is 2. The second kappa shape index (κ2) is 14.3. The average molecular weight is 657 g/mol. The first-order chi connectivity index (χ1) is 24.4. The van der Waals surface area contributed by atoms with Gasteiger partial charge < -0.3 is 0 Å². The highest BCUT2D eigenvalue weighted by Crippen LogP contribution is 2.44. The zero-order valence-corrected chi connectivity index (χ0v) is 29.9. The van der Waals surface area contributed by atoms with Crippen molar-refractivity contribution in [1.29, 1.82) is 0 Å². The van der Waals surface area contributed by atoms with Gasteiger partial charge in [0.15, 0.2) is 11.4 Å². The summed E-state index contributed by atoms with van der Waals surface area (Å²) in [6.45, 7) is 11.2. The molecule has 0 radical (unpaired) electrons. The molecule has 0 bridgehead atoms. The number of rotatable bonds is 12. The van der Waals surface area contributed by atoms with Gasteiger partial charge in [0.2, 0.25) is 11.4 Å². The van der Waals surface area contributed by atoms with Gasteiger partial charge in [-0.1, -0.05) is 97.1 Å². The zero-order valence-electron chi connectivity index (χ0n) is 29.9. The van der Waals surface area contributed by atoms with E-state index in [1.807, 2.05) is 36.4 Å². The van der Waals surface area contributed by atoms with Crippen molar-refractivity contribution in [2.45, 2.75) is 64.2 Å². The lowest BCUT2D eigenvalue weighted by Gasteiger charge is -2.25. The Morgan fingerprint density at radius 3 is 1.22 bits per heavy atom. The van der Waals surface area contributed by atoms with Crippen LogP contribution < -0.4 is 0 Å². The number of benzene rings is 5. The Bertz CT molecular complexity index is 1940. The monoisotopic (exact) mass is 656 g/mol. The molecule has 0 amide bonds. The molecular formula is C46H48N4+2. The van der Waals surface area contributed by atoms with Crippen LogP contribution in [-0.4, -0.2) is 46.1 Å². The van der Waals surface area contributed by atoms with E-state index in [1.54, 1.807) is 0 Å².